The van der Waals surface area contributed by atoms with Gasteiger partial charge in [0.1, 0.15) is 5.75 Å². The molecule has 1 amide bonds. The molecule has 0 saturated carbocycles. The number of carbonyl (C=O) groups is 1. The molecule has 110 valence electrons. The molecule has 1 aromatic rings. The molecule has 2 rings (SSSR count). The predicted octanol–water partition coefficient (Wildman–Crippen LogP) is 1.99. The number of nitrogens with zero attached hydrogens (tertiary/aromatic N) is 1. The Labute approximate surface area is 120 Å². The lowest BCUT2D eigenvalue weighted by Gasteiger charge is -2.17. The van der Waals surface area contributed by atoms with Gasteiger partial charge in [0.15, 0.2) is 0 Å². The number of likely N-dealkylation sites (tertiary alicyclic amines) is 1. The van der Waals surface area contributed by atoms with E-state index < -0.39 is 0 Å². The Balaban J connectivity index is 1.73. The van der Waals surface area contributed by atoms with E-state index in [1.165, 1.54) is 0 Å². The molecule has 0 bridgehead atoms. The number of hydrogen-bond acceptors (Lipinski definition) is 3. The van der Waals surface area contributed by atoms with Gasteiger partial charge in [-0.25, -0.2) is 0 Å². The zero-order chi connectivity index (χ0) is 14.5. The molecule has 0 aromatic heterocycles. The average molecular weight is 277 g/mol. The zero-order valence-electron chi connectivity index (χ0n) is 12.2. The quantitative estimate of drug-likeness (QED) is 0.895. The highest BCUT2D eigenvalue weighted by atomic mass is 16.5. The van der Waals surface area contributed by atoms with Crippen molar-refractivity contribution in [2.24, 2.45) is 5.92 Å². The van der Waals surface area contributed by atoms with E-state index in [0.717, 1.165) is 24.3 Å². The first-order valence-corrected chi connectivity index (χ1v) is 7.21. The van der Waals surface area contributed by atoms with E-state index >= 15 is 0 Å². The third-order valence-corrected chi connectivity index (χ3v) is 3.83. The normalized spacial score (nSPS) is 19.9. The van der Waals surface area contributed by atoms with E-state index in [-0.39, 0.29) is 17.9 Å². The van der Waals surface area contributed by atoms with E-state index in [4.69, 9.17) is 4.74 Å². The molecule has 4 heteroatoms. The first kappa shape index (κ1) is 14.9. The molecule has 2 atom stereocenters. The van der Waals surface area contributed by atoms with E-state index in [9.17, 15) is 9.90 Å². The minimum atomic E-state index is -0.337. The van der Waals surface area contributed by atoms with Crippen LogP contribution in [-0.4, -0.2) is 41.7 Å². The molecule has 2 unspecified atom stereocenters. The molecule has 20 heavy (non-hydrogen) atoms. The van der Waals surface area contributed by atoms with Crippen LogP contribution in [0, 0.1) is 12.8 Å². The molecular weight excluding hydrogens is 254 g/mol. The number of ether oxygens (including phenoxy) is 1. The van der Waals surface area contributed by atoms with Crippen molar-refractivity contribution < 1.29 is 14.6 Å². The molecule has 1 aromatic carbocycles. The van der Waals surface area contributed by atoms with Crippen LogP contribution in [-0.2, 0) is 4.79 Å². The lowest BCUT2D eigenvalue weighted by molar-refractivity contribution is -0.130. The molecule has 0 aliphatic carbocycles. The summed E-state index contributed by atoms with van der Waals surface area (Å²) in [5.41, 5.74) is 1.15. The number of hydrogen-bond donors (Lipinski definition) is 1. The Kier molecular flexibility index (Phi) is 5.01. The van der Waals surface area contributed by atoms with E-state index in [2.05, 4.69) is 0 Å². The number of benzene rings is 1. The molecule has 1 aliphatic rings. The van der Waals surface area contributed by atoms with Gasteiger partial charge in [0.05, 0.1) is 19.1 Å². The summed E-state index contributed by atoms with van der Waals surface area (Å²) in [5.74, 6) is 1.14. The van der Waals surface area contributed by atoms with Crippen LogP contribution < -0.4 is 4.74 Å². The summed E-state index contributed by atoms with van der Waals surface area (Å²) in [6.45, 7) is 5.62. The van der Waals surface area contributed by atoms with Gasteiger partial charge >= 0.3 is 0 Å². The fourth-order valence-electron chi connectivity index (χ4n) is 2.53. The van der Waals surface area contributed by atoms with Gasteiger partial charge in [0, 0.05) is 19.0 Å². The van der Waals surface area contributed by atoms with Crippen LogP contribution in [0.25, 0.3) is 0 Å². The number of aliphatic hydroxyl groups is 1. The van der Waals surface area contributed by atoms with Crippen molar-refractivity contribution in [1.82, 2.24) is 4.90 Å². The zero-order valence-corrected chi connectivity index (χ0v) is 12.2. The first-order chi connectivity index (χ1) is 9.56. The number of aliphatic hydroxyl groups excluding tert-OH is 1. The smallest absolute Gasteiger partial charge is 0.226 e. The number of aryl methyl sites for hydroxylation is 1. The van der Waals surface area contributed by atoms with Gasteiger partial charge in [-0.3, -0.25) is 4.79 Å². The number of carbonyl (C=O) groups excluding carboxylic acids is 1. The summed E-state index contributed by atoms with van der Waals surface area (Å²) in [6, 6.07) is 7.82. The molecular formula is C16H23NO3. The molecule has 0 spiro atoms. The maximum absolute atomic E-state index is 12.0. The molecule has 1 heterocycles. The maximum Gasteiger partial charge on any atom is 0.226 e. The van der Waals surface area contributed by atoms with Crippen molar-refractivity contribution >= 4 is 5.91 Å². The van der Waals surface area contributed by atoms with Crippen molar-refractivity contribution in [3.8, 4) is 5.75 Å². The highest BCUT2D eigenvalue weighted by molar-refractivity contribution is 5.76. The van der Waals surface area contributed by atoms with Gasteiger partial charge in [0.2, 0.25) is 5.91 Å². The second-order valence-electron chi connectivity index (χ2n) is 5.54. The number of rotatable bonds is 5. The van der Waals surface area contributed by atoms with Crippen molar-refractivity contribution in [2.75, 3.05) is 19.7 Å². The van der Waals surface area contributed by atoms with Gasteiger partial charge in [-0.15, -0.1) is 0 Å². The number of amides is 1. The third-order valence-electron chi connectivity index (χ3n) is 3.83. The van der Waals surface area contributed by atoms with Crippen LogP contribution in [0.15, 0.2) is 24.3 Å². The predicted molar refractivity (Wildman–Crippen MR) is 77.7 cm³/mol. The van der Waals surface area contributed by atoms with Crippen molar-refractivity contribution in [3.05, 3.63) is 29.8 Å². The van der Waals surface area contributed by atoms with Crippen LogP contribution in [0.1, 0.15) is 25.3 Å². The van der Waals surface area contributed by atoms with E-state index in [1.807, 2.05) is 36.1 Å². The van der Waals surface area contributed by atoms with Crippen LogP contribution in [0.5, 0.6) is 5.75 Å². The minimum Gasteiger partial charge on any atom is -0.493 e. The van der Waals surface area contributed by atoms with Gasteiger partial charge in [0.25, 0.3) is 0 Å². The van der Waals surface area contributed by atoms with Gasteiger partial charge < -0.3 is 14.7 Å². The third kappa shape index (κ3) is 3.97. The van der Waals surface area contributed by atoms with Gasteiger partial charge in [-0.2, -0.15) is 0 Å². The van der Waals surface area contributed by atoms with Crippen LogP contribution in [0.4, 0.5) is 0 Å². The summed E-state index contributed by atoms with van der Waals surface area (Å²) in [4.78, 5) is 13.9. The Hall–Kier alpha value is -1.55. The topological polar surface area (TPSA) is 49.8 Å². The largest absolute Gasteiger partial charge is 0.493 e. The highest BCUT2D eigenvalue weighted by Gasteiger charge is 2.28. The Morgan fingerprint density at radius 1 is 1.55 bits per heavy atom. The van der Waals surface area contributed by atoms with Crippen LogP contribution in [0.2, 0.25) is 0 Å². The SMILES string of the molecule is Cc1cccc(OCCC(=O)N2CCC(C(C)O)C2)c1. The molecule has 1 N–H and O–H groups in total. The summed E-state index contributed by atoms with van der Waals surface area (Å²) >= 11 is 0. The Morgan fingerprint density at radius 2 is 2.35 bits per heavy atom. The van der Waals surface area contributed by atoms with Crippen molar-refractivity contribution in [1.29, 1.82) is 0 Å². The second-order valence-corrected chi connectivity index (χ2v) is 5.54. The highest BCUT2D eigenvalue weighted by Crippen LogP contribution is 2.20. The maximum atomic E-state index is 12.0. The van der Waals surface area contributed by atoms with Crippen LogP contribution in [0.3, 0.4) is 0 Å². The first-order valence-electron chi connectivity index (χ1n) is 7.21. The molecule has 0 radical (unpaired) electrons. The summed E-state index contributed by atoms with van der Waals surface area (Å²) in [6.07, 6.45) is 0.944. The second kappa shape index (κ2) is 6.75. The van der Waals surface area contributed by atoms with Gasteiger partial charge in [-0.1, -0.05) is 12.1 Å². The van der Waals surface area contributed by atoms with Gasteiger partial charge in [-0.05, 0) is 38.0 Å². The standard InChI is InChI=1S/C16H23NO3/c1-12-4-3-5-15(10-12)20-9-7-16(19)17-8-6-14(11-17)13(2)18/h3-5,10,13-14,18H,6-9,11H2,1-2H3. The molecule has 1 fully saturated rings. The molecule has 1 saturated heterocycles. The molecule has 4 nitrogen and oxygen atoms in total. The summed E-state index contributed by atoms with van der Waals surface area (Å²) < 4.78 is 5.59. The Morgan fingerprint density at radius 3 is 3.00 bits per heavy atom. The molecule has 1 aliphatic heterocycles. The summed E-state index contributed by atoms with van der Waals surface area (Å²) in [5, 5.41) is 9.54. The van der Waals surface area contributed by atoms with Crippen LogP contribution >= 0.6 is 0 Å². The average Bonchev–Trinajstić information content (AvgIpc) is 2.88. The van der Waals surface area contributed by atoms with Crippen molar-refractivity contribution in [3.63, 3.8) is 0 Å². The lowest BCUT2D eigenvalue weighted by atomic mass is 10.0. The fourth-order valence-corrected chi connectivity index (χ4v) is 2.53. The fraction of sp³-hybridized carbons (Fsp3) is 0.562. The van der Waals surface area contributed by atoms with E-state index in [1.54, 1.807) is 6.92 Å². The van der Waals surface area contributed by atoms with E-state index in [0.29, 0.717) is 19.6 Å². The van der Waals surface area contributed by atoms with Crippen molar-refractivity contribution in [2.45, 2.75) is 32.8 Å². The Bertz CT molecular complexity index is 459. The summed E-state index contributed by atoms with van der Waals surface area (Å²) in [7, 11) is 0. The monoisotopic (exact) mass is 277 g/mol. The minimum absolute atomic E-state index is 0.112. The lowest BCUT2D eigenvalue weighted by Crippen LogP contribution is -2.31.